The van der Waals surface area contributed by atoms with E-state index in [-0.39, 0.29) is 11.3 Å². The Labute approximate surface area is 126 Å². The minimum atomic E-state index is -1.05. The molecule has 2 atom stereocenters. The molecule has 0 heterocycles. The molecule has 3 N–H and O–H groups in total. The van der Waals surface area contributed by atoms with Crippen LogP contribution in [0.2, 0.25) is 0 Å². The summed E-state index contributed by atoms with van der Waals surface area (Å²) in [5.41, 5.74) is -0.162. The number of hydrogen-bond acceptors (Lipinski definition) is 3. The van der Waals surface area contributed by atoms with E-state index in [0.29, 0.717) is 12.8 Å². The van der Waals surface area contributed by atoms with Gasteiger partial charge in [0.25, 0.3) is 0 Å². The average molecular weight is 300 g/mol. The lowest BCUT2D eigenvalue weighted by Gasteiger charge is -2.21. The molecule has 0 aliphatic rings. The summed E-state index contributed by atoms with van der Waals surface area (Å²) in [6.45, 7) is 9.30. The van der Waals surface area contributed by atoms with E-state index in [1.54, 1.807) is 6.92 Å². The first-order valence-electron chi connectivity index (χ1n) is 7.39. The van der Waals surface area contributed by atoms with E-state index in [1.807, 2.05) is 27.7 Å². The first-order chi connectivity index (χ1) is 9.56. The first kappa shape index (κ1) is 19.4. The molecule has 21 heavy (non-hydrogen) atoms. The zero-order chi connectivity index (χ0) is 16.6. The van der Waals surface area contributed by atoms with Crippen molar-refractivity contribution in [1.29, 1.82) is 0 Å². The van der Waals surface area contributed by atoms with Gasteiger partial charge in [0.2, 0.25) is 11.8 Å². The molecular weight excluding hydrogens is 272 g/mol. The van der Waals surface area contributed by atoms with Gasteiger partial charge in [0.1, 0.15) is 12.1 Å². The standard InChI is InChI=1S/C15H28N2O4/c1-6-7-8-11(14(20)21)17-13(19)10(2)16-12(18)9-15(3,4)5/h10-11H,6-9H2,1-5H3,(H,16,18)(H,17,19)(H,20,21)/t10?,11-/m0/s1. The van der Waals surface area contributed by atoms with Crippen molar-refractivity contribution in [3.63, 3.8) is 0 Å². The molecule has 6 nitrogen and oxygen atoms in total. The molecule has 0 aliphatic heterocycles. The summed E-state index contributed by atoms with van der Waals surface area (Å²) in [5, 5.41) is 14.1. The zero-order valence-electron chi connectivity index (χ0n) is 13.7. The Morgan fingerprint density at radius 1 is 1.14 bits per heavy atom. The monoisotopic (exact) mass is 300 g/mol. The summed E-state index contributed by atoms with van der Waals surface area (Å²) >= 11 is 0. The van der Waals surface area contributed by atoms with E-state index >= 15 is 0 Å². The normalized spacial score (nSPS) is 14.1. The quantitative estimate of drug-likeness (QED) is 0.635. The minimum absolute atomic E-state index is 0.162. The third-order valence-corrected chi connectivity index (χ3v) is 2.92. The van der Waals surface area contributed by atoms with Crippen LogP contribution >= 0.6 is 0 Å². The van der Waals surface area contributed by atoms with Gasteiger partial charge in [-0.3, -0.25) is 9.59 Å². The third kappa shape index (κ3) is 9.05. The smallest absolute Gasteiger partial charge is 0.326 e. The highest BCUT2D eigenvalue weighted by molar-refractivity contribution is 5.90. The van der Waals surface area contributed by atoms with Crippen LogP contribution in [0.15, 0.2) is 0 Å². The summed E-state index contributed by atoms with van der Waals surface area (Å²) in [7, 11) is 0. The number of carboxylic acid groups (broad SMARTS) is 1. The van der Waals surface area contributed by atoms with Gasteiger partial charge in [0, 0.05) is 6.42 Å². The fraction of sp³-hybridized carbons (Fsp3) is 0.800. The molecule has 6 heteroatoms. The van der Waals surface area contributed by atoms with Crippen LogP contribution < -0.4 is 10.6 Å². The molecule has 0 spiro atoms. The van der Waals surface area contributed by atoms with Crippen LogP contribution in [0.4, 0.5) is 0 Å². The lowest BCUT2D eigenvalue weighted by atomic mass is 9.92. The largest absolute Gasteiger partial charge is 0.480 e. The Balaban J connectivity index is 4.42. The van der Waals surface area contributed by atoms with Crippen LogP contribution in [0.25, 0.3) is 0 Å². The van der Waals surface area contributed by atoms with Crippen molar-refractivity contribution in [1.82, 2.24) is 10.6 Å². The van der Waals surface area contributed by atoms with Gasteiger partial charge in [-0.15, -0.1) is 0 Å². The first-order valence-corrected chi connectivity index (χ1v) is 7.39. The van der Waals surface area contributed by atoms with E-state index < -0.39 is 24.0 Å². The van der Waals surface area contributed by atoms with Crippen LogP contribution in [-0.4, -0.2) is 35.0 Å². The summed E-state index contributed by atoms with van der Waals surface area (Å²) in [5.74, 6) is -1.74. The predicted molar refractivity (Wildman–Crippen MR) is 80.8 cm³/mol. The molecule has 0 bridgehead atoms. The highest BCUT2D eigenvalue weighted by Gasteiger charge is 2.24. The number of carbonyl (C=O) groups is 3. The van der Waals surface area contributed by atoms with Crippen molar-refractivity contribution in [3.8, 4) is 0 Å². The summed E-state index contributed by atoms with van der Waals surface area (Å²) in [6, 6.07) is -1.65. The molecule has 0 radical (unpaired) electrons. The van der Waals surface area contributed by atoms with Crippen LogP contribution in [-0.2, 0) is 14.4 Å². The zero-order valence-corrected chi connectivity index (χ0v) is 13.7. The van der Waals surface area contributed by atoms with Crippen LogP contribution in [0.3, 0.4) is 0 Å². The number of aliphatic carboxylic acids is 1. The van der Waals surface area contributed by atoms with E-state index in [9.17, 15) is 14.4 Å². The van der Waals surface area contributed by atoms with Crippen molar-refractivity contribution in [2.45, 2.75) is 72.4 Å². The van der Waals surface area contributed by atoms with Crippen molar-refractivity contribution < 1.29 is 19.5 Å². The molecule has 0 aromatic rings. The average Bonchev–Trinajstić information content (AvgIpc) is 2.30. The maximum Gasteiger partial charge on any atom is 0.326 e. The van der Waals surface area contributed by atoms with Gasteiger partial charge in [0.15, 0.2) is 0 Å². The van der Waals surface area contributed by atoms with E-state index in [0.717, 1.165) is 12.8 Å². The Kier molecular flexibility index (Phi) is 7.99. The lowest BCUT2D eigenvalue weighted by Crippen LogP contribution is -2.50. The van der Waals surface area contributed by atoms with Gasteiger partial charge in [-0.05, 0) is 18.8 Å². The molecule has 2 amide bonds. The summed E-state index contributed by atoms with van der Waals surface area (Å²) in [4.78, 5) is 34.8. The SMILES string of the molecule is CCCC[C@H](NC(=O)C(C)NC(=O)CC(C)(C)C)C(=O)O. The number of carbonyl (C=O) groups excluding carboxylic acids is 2. The van der Waals surface area contributed by atoms with Gasteiger partial charge < -0.3 is 15.7 Å². The topological polar surface area (TPSA) is 95.5 Å². The minimum Gasteiger partial charge on any atom is -0.480 e. The second-order valence-electron chi connectivity index (χ2n) is 6.57. The summed E-state index contributed by atoms with van der Waals surface area (Å²) in [6.07, 6.45) is 2.28. The molecule has 0 fully saturated rings. The molecule has 0 aromatic carbocycles. The van der Waals surface area contributed by atoms with E-state index in [1.165, 1.54) is 0 Å². The Morgan fingerprint density at radius 2 is 1.71 bits per heavy atom. The van der Waals surface area contributed by atoms with Crippen LogP contribution in [0.1, 0.15) is 60.3 Å². The highest BCUT2D eigenvalue weighted by atomic mass is 16.4. The van der Waals surface area contributed by atoms with Gasteiger partial charge in [-0.2, -0.15) is 0 Å². The molecule has 0 rings (SSSR count). The molecule has 0 aromatic heterocycles. The van der Waals surface area contributed by atoms with Gasteiger partial charge >= 0.3 is 5.97 Å². The maximum atomic E-state index is 11.9. The fourth-order valence-electron chi connectivity index (χ4n) is 1.80. The van der Waals surface area contributed by atoms with Gasteiger partial charge in [-0.1, -0.05) is 40.5 Å². The number of unbranched alkanes of at least 4 members (excludes halogenated alkanes) is 1. The number of hydrogen-bond donors (Lipinski definition) is 3. The molecule has 122 valence electrons. The van der Waals surface area contributed by atoms with E-state index in [4.69, 9.17) is 5.11 Å². The number of nitrogens with one attached hydrogen (secondary N) is 2. The predicted octanol–water partition coefficient (Wildman–Crippen LogP) is 1.69. The molecule has 0 saturated heterocycles. The molecule has 0 saturated carbocycles. The second-order valence-corrected chi connectivity index (χ2v) is 6.57. The van der Waals surface area contributed by atoms with Crippen molar-refractivity contribution in [2.75, 3.05) is 0 Å². The molecule has 0 aliphatic carbocycles. The third-order valence-electron chi connectivity index (χ3n) is 2.92. The molecule has 1 unspecified atom stereocenters. The summed E-state index contributed by atoms with van der Waals surface area (Å²) < 4.78 is 0. The van der Waals surface area contributed by atoms with Crippen molar-refractivity contribution in [3.05, 3.63) is 0 Å². The number of carboxylic acids is 1. The van der Waals surface area contributed by atoms with Crippen LogP contribution in [0, 0.1) is 5.41 Å². The number of amides is 2. The van der Waals surface area contributed by atoms with Crippen LogP contribution in [0.5, 0.6) is 0 Å². The molecular formula is C15H28N2O4. The maximum absolute atomic E-state index is 11.9. The lowest BCUT2D eigenvalue weighted by molar-refractivity contribution is -0.142. The number of rotatable bonds is 8. The van der Waals surface area contributed by atoms with Gasteiger partial charge in [-0.25, -0.2) is 4.79 Å². The Morgan fingerprint density at radius 3 is 2.14 bits per heavy atom. The second kappa shape index (κ2) is 8.64. The van der Waals surface area contributed by atoms with Gasteiger partial charge in [0.05, 0.1) is 0 Å². The highest BCUT2D eigenvalue weighted by Crippen LogP contribution is 2.17. The van der Waals surface area contributed by atoms with E-state index in [2.05, 4.69) is 10.6 Å². The fourth-order valence-corrected chi connectivity index (χ4v) is 1.80. The van der Waals surface area contributed by atoms with Crippen molar-refractivity contribution in [2.24, 2.45) is 5.41 Å². The Hall–Kier alpha value is -1.59. The van der Waals surface area contributed by atoms with Crippen molar-refractivity contribution >= 4 is 17.8 Å². The Bertz CT molecular complexity index is 374.